The summed E-state index contributed by atoms with van der Waals surface area (Å²) in [5.41, 5.74) is 15.0. The predicted octanol–water partition coefficient (Wildman–Crippen LogP) is 3.65. The lowest BCUT2D eigenvalue weighted by Gasteiger charge is -1.96. The van der Waals surface area contributed by atoms with E-state index in [0.29, 0.717) is 16.9 Å². The molecule has 0 saturated carbocycles. The van der Waals surface area contributed by atoms with Crippen LogP contribution in [-0.2, 0) is 0 Å². The van der Waals surface area contributed by atoms with E-state index in [4.69, 9.17) is 26.7 Å². The van der Waals surface area contributed by atoms with Gasteiger partial charge in [-0.15, -0.1) is 0 Å². The number of nitrogen functional groups attached to an aromatic ring is 2. The number of amidine groups is 2. The highest BCUT2D eigenvalue weighted by molar-refractivity contribution is 5.99. The molecule has 0 bridgehead atoms. The summed E-state index contributed by atoms with van der Waals surface area (Å²) >= 11 is 0. The van der Waals surface area contributed by atoms with Gasteiger partial charge in [-0.1, -0.05) is 12.1 Å². The number of hydrogen-bond donors (Lipinski definition) is 5. The zero-order valence-electron chi connectivity index (χ0n) is 13.8. The molecule has 2 aromatic carbocycles. The van der Waals surface area contributed by atoms with E-state index in [1.807, 2.05) is 54.6 Å². The quantitative estimate of drug-likeness (QED) is 0.286. The van der Waals surface area contributed by atoms with Gasteiger partial charge in [-0.2, -0.15) is 0 Å². The van der Waals surface area contributed by atoms with E-state index in [9.17, 15) is 0 Å². The summed E-state index contributed by atoms with van der Waals surface area (Å²) in [5.74, 6) is 0.794. The average molecular weight is 343 g/mol. The number of rotatable bonds is 4. The van der Waals surface area contributed by atoms with Gasteiger partial charge >= 0.3 is 0 Å². The zero-order chi connectivity index (χ0) is 18.3. The van der Waals surface area contributed by atoms with Crippen molar-refractivity contribution in [2.75, 3.05) is 0 Å². The van der Waals surface area contributed by atoms with E-state index in [1.54, 1.807) is 6.07 Å². The molecule has 0 atom stereocenters. The highest BCUT2D eigenvalue weighted by Gasteiger charge is 2.05. The minimum Gasteiger partial charge on any atom is -0.457 e. The van der Waals surface area contributed by atoms with Crippen molar-refractivity contribution in [2.45, 2.75) is 0 Å². The van der Waals surface area contributed by atoms with E-state index in [0.717, 1.165) is 27.6 Å². The fourth-order valence-electron chi connectivity index (χ4n) is 2.89. The third-order valence-corrected chi connectivity index (χ3v) is 4.23. The standard InChI is InChI=1S/C20H17N5O/c21-19(22)12-3-6-18-14(7-12)9-16(26-18)5-4-15-8-11-1-2-13(20(23)24)10-17(11)25-15/h1-10,25H,(H3,21,22)(H3,23,24)/b5-4+. The van der Waals surface area contributed by atoms with Crippen molar-refractivity contribution in [1.29, 1.82) is 10.8 Å². The molecule has 0 aliphatic carbocycles. The number of nitrogens with two attached hydrogens (primary N) is 2. The third kappa shape index (κ3) is 2.84. The Hall–Kier alpha value is -3.80. The Morgan fingerprint density at radius 2 is 1.58 bits per heavy atom. The van der Waals surface area contributed by atoms with Gasteiger partial charge in [0.1, 0.15) is 23.0 Å². The molecular formula is C20H17N5O. The maximum absolute atomic E-state index is 7.52. The Labute approximate surface area is 149 Å². The minimum atomic E-state index is 0.0354. The van der Waals surface area contributed by atoms with E-state index in [1.165, 1.54) is 0 Å². The molecule has 2 heterocycles. The second kappa shape index (κ2) is 5.93. The van der Waals surface area contributed by atoms with Crippen LogP contribution in [0.1, 0.15) is 22.6 Å². The molecule has 0 spiro atoms. The van der Waals surface area contributed by atoms with Crippen LogP contribution in [0.4, 0.5) is 0 Å². The van der Waals surface area contributed by atoms with E-state index < -0.39 is 0 Å². The molecule has 0 amide bonds. The van der Waals surface area contributed by atoms with Gasteiger partial charge in [0.05, 0.1) is 0 Å². The highest BCUT2D eigenvalue weighted by atomic mass is 16.3. The second-order valence-electron chi connectivity index (χ2n) is 6.09. The second-order valence-corrected chi connectivity index (χ2v) is 6.09. The Morgan fingerprint density at radius 1 is 0.846 bits per heavy atom. The third-order valence-electron chi connectivity index (χ3n) is 4.23. The maximum atomic E-state index is 7.52. The summed E-state index contributed by atoms with van der Waals surface area (Å²) in [5, 5.41) is 17.0. The van der Waals surface area contributed by atoms with E-state index >= 15 is 0 Å². The maximum Gasteiger partial charge on any atom is 0.134 e. The van der Waals surface area contributed by atoms with Crippen molar-refractivity contribution in [2.24, 2.45) is 11.5 Å². The first-order valence-electron chi connectivity index (χ1n) is 8.03. The molecular weight excluding hydrogens is 326 g/mol. The molecule has 0 radical (unpaired) electrons. The lowest BCUT2D eigenvalue weighted by atomic mass is 10.1. The van der Waals surface area contributed by atoms with Gasteiger partial charge < -0.3 is 20.9 Å². The summed E-state index contributed by atoms with van der Waals surface area (Å²) in [4.78, 5) is 3.29. The fraction of sp³-hybridized carbons (Fsp3) is 0. The molecule has 0 aliphatic heterocycles. The first-order chi connectivity index (χ1) is 12.5. The van der Waals surface area contributed by atoms with Crippen molar-refractivity contribution in [3.8, 4) is 0 Å². The van der Waals surface area contributed by atoms with E-state index in [2.05, 4.69) is 4.98 Å². The predicted molar refractivity (Wildman–Crippen MR) is 105 cm³/mol. The Morgan fingerprint density at radius 3 is 2.35 bits per heavy atom. The molecule has 2 aromatic heterocycles. The first-order valence-corrected chi connectivity index (χ1v) is 8.03. The van der Waals surface area contributed by atoms with Crippen LogP contribution >= 0.6 is 0 Å². The number of fused-ring (bicyclic) bond motifs is 2. The molecule has 0 unspecified atom stereocenters. The molecule has 6 heteroatoms. The molecule has 0 saturated heterocycles. The van der Waals surface area contributed by atoms with Crippen LogP contribution in [0.25, 0.3) is 34.0 Å². The summed E-state index contributed by atoms with van der Waals surface area (Å²) < 4.78 is 5.79. The smallest absolute Gasteiger partial charge is 0.134 e. The number of H-pyrrole nitrogens is 1. The Balaban J connectivity index is 1.65. The molecule has 4 rings (SSSR count). The van der Waals surface area contributed by atoms with Crippen LogP contribution < -0.4 is 11.5 Å². The number of hydrogen-bond acceptors (Lipinski definition) is 3. The SMILES string of the molecule is N=C(N)c1ccc2oc(/C=C/c3cc4ccc(C(=N)N)cc4[nH]3)cc2c1. The monoisotopic (exact) mass is 343 g/mol. The average Bonchev–Trinajstić information content (AvgIpc) is 3.21. The van der Waals surface area contributed by atoms with Gasteiger partial charge in [-0.05, 0) is 48.6 Å². The van der Waals surface area contributed by atoms with Crippen LogP contribution in [-0.4, -0.2) is 16.7 Å². The van der Waals surface area contributed by atoms with Gasteiger partial charge in [0, 0.05) is 33.1 Å². The minimum absolute atomic E-state index is 0.0354. The van der Waals surface area contributed by atoms with Gasteiger partial charge in [0.15, 0.2) is 0 Å². The number of nitrogens with one attached hydrogen (secondary N) is 3. The normalized spacial score (nSPS) is 11.5. The summed E-state index contributed by atoms with van der Waals surface area (Å²) in [7, 11) is 0. The Bertz CT molecular complexity index is 1100. The summed E-state index contributed by atoms with van der Waals surface area (Å²) in [6.45, 7) is 0. The number of furan rings is 1. The van der Waals surface area contributed by atoms with Crippen LogP contribution in [0, 0.1) is 10.8 Å². The van der Waals surface area contributed by atoms with Crippen LogP contribution in [0.3, 0.4) is 0 Å². The number of benzene rings is 2. The molecule has 26 heavy (non-hydrogen) atoms. The topological polar surface area (TPSA) is 129 Å². The summed E-state index contributed by atoms with van der Waals surface area (Å²) in [6.07, 6.45) is 3.81. The molecule has 128 valence electrons. The van der Waals surface area contributed by atoms with Crippen molar-refractivity contribution in [3.63, 3.8) is 0 Å². The van der Waals surface area contributed by atoms with Crippen molar-refractivity contribution >= 4 is 45.7 Å². The highest BCUT2D eigenvalue weighted by Crippen LogP contribution is 2.23. The zero-order valence-corrected chi connectivity index (χ0v) is 13.8. The molecule has 0 fully saturated rings. The molecule has 4 aromatic rings. The van der Waals surface area contributed by atoms with Gasteiger partial charge in [0.25, 0.3) is 0 Å². The molecule has 6 nitrogen and oxygen atoms in total. The van der Waals surface area contributed by atoms with Gasteiger partial charge in [-0.25, -0.2) is 0 Å². The number of aromatic amines is 1. The largest absolute Gasteiger partial charge is 0.457 e. The van der Waals surface area contributed by atoms with Crippen LogP contribution in [0.2, 0.25) is 0 Å². The Kier molecular flexibility index (Phi) is 3.58. The van der Waals surface area contributed by atoms with Crippen molar-refractivity contribution in [1.82, 2.24) is 4.98 Å². The van der Waals surface area contributed by atoms with Crippen molar-refractivity contribution in [3.05, 3.63) is 71.1 Å². The van der Waals surface area contributed by atoms with Crippen LogP contribution in [0.5, 0.6) is 0 Å². The molecule has 7 N–H and O–H groups in total. The fourth-order valence-corrected chi connectivity index (χ4v) is 2.89. The van der Waals surface area contributed by atoms with E-state index in [-0.39, 0.29) is 11.7 Å². The lowest BCUT2D eigenvalue weighted by Crippen LogP contribution is -2.10. The van der Waals surface area contributed by atoms with Crippen LogP contribution in [0.15, 0.2) is 52.9 Å². The van der Waals surface area contributed by atoms with Gasteiger partial charge in [-0.3, -0.25) is 10.8 Å². The summed E-state index contributed by atoms with van der Waals surface area (Å²) in [6, 6.07) is 15.0. The molecule has 0 aliphatic rings. The lowest BCUT2D eigenvalue weighted by molar-refractivity contribution is 0.604. The van der Waals surface area contributed by atoms with Crippen molar-refractivity contribution < 1.29 is 4.42 Å². The van der Waals surface area contributed by atoms with Gasteiger partial charge in [0.2, 0.25) is 0 Å². The first kappa shape index (κ1) is 15.7. The number of aromatic nitrogens is 1.